The predicted molar refractivity (Wildman–Crippen MR) is 74.2 cm³/mol. The SMILES string of the molecule is CC(=O)OC[C@H]1O[C@H](O)[C@H](OC(C)=O)[C@H](OC(C)=O)[C@H]1OC(C)=O. The molecule has 10 heteroatoms. The maximum absolute atomic E-state index is 11.3. The van der Waals surface area contributed by atoms with Gasteiger partial charge in [0.2, 0.25) is 0 Å². The molecule has 10 nitrogen and oxygen atoms in total. The molecule has 0 aliphatic carbocycles. The van der Waals surface area contributed by atoms with Gasteiger partial charge in [0.05, 0.1) is 0 Å². The van der Waals surface area contributed by atoms with Crippen LogP contribution in [0.2, 0.25) is 0 Å². The summed E-state index contributed by atoms with van der Waals surface area (Å²) in [6.07, 6.45) is -6.79. The molecule has 1 saturated heterocycles. The Morgan fingerprint density at radius 2 is 1.25 bits per heavy atom. The summed E-state index contributed by atoms with van der Waals surface area (Å²) in [4.78, 5) is 44.9. The normalized spacial score (nSPS) is 29.3. The van der Waals surface area contributed by atoms with Gasteiger partial charge in [0, 0.05) is 27.7 Å². The molecule has 0 saturated carbocycles. The largest absolute Gasteiger partial charge is 0.463 e. The fourth-order valence-electron chi connectivity index (χ4n) is 2.21. The van der Waals surface area contributed by atoms with Gasteiger partial charge < -0.3 is 28.8 Å². The average Bonchev–Trinajstić information content (AvgIpc) is 2.42. The van der Waals surface area contributed by atoms with Gasteiger partial charge >= 0.3 is 23.9 Å². The summed E-state index contributed by atoms with van der Waals surface area (Å²) in [7, 11) is 0. The van der Waals surface area contributed by atoms with Gasteiger partial charge in [-0.25, -0.2) is 0 Å². The highest BCUT2D eigenvalue weighted by Gasteiger charge is 2.51. The summed E-state index contributed by atoms with van der Waals surface area (Å²) >= 11 is 0. The van der Waals surface area contributed by atoms with Crippen LogP contribution in [0.25, 0.3) is 0 Å². The molecule has 0 bridgehead atoms. The number of hydrogen-bond acceptors (Lipinski definition) is 10. The number of esters is 4. The summed E-state index contributed by atoms with van der Waals surface area (Å²) in [5, 5.41) is 10.0. The van der Waals surface area contributed by atoms with Gasteiger partial charge in [-0.2, -0.15) is 0 Å². The first-order valence-electron chi connectivity index (χ1n) is 7.10. The first-order chi connectivity index (χ1) is 11.1. The molecule has 1 N–H and O–H groups in total. The molecule has 5 atom stereocenters. The summed E-state index contributed by atoms with van der Waals surface area (Å²) in [5.74, 6) is -2.87. The molecule has 1 aliphatic rings. The van der Waals surface area contributed by atoms with Crippen LogP contribution in [0.1, 0.15) is 27.7 Å². The number of aliphatic hydroxyl groups is 1. The van der Waals surface area contributed by atoms with Gasteiger partial charge in [0.25, 0.3) is 0 Å². The van der Waals surface area contributed by atoms with E-state index in [1.807, 2.05) is 0 Å². The van der Waals surface area contributed by atoms with Gasteiger partial charge in [0.1, 0.15) is 12.7 Å². The van der Waals surface area contributed by atoms with E-state index in [-0.39, 0.29) is 6.61 Å². The van der Waals surface area contributed by atoms with Crippen molar-refractivity contribution in [2.75, 3.05) is 6.61 Å². The zero-order valence-electron chi connectivity index (χ0n) is 13.7. The van der Waals surface area contributed by atoms with Crippen molar-refractivity contribution in [2.24, 2.45) is 0 Å². The minimum Gasteiger partial charge on any atom is -0.463 e. The Labute approximate surface area is 137 Å². The van der Waals surface area contributed by atoms with Gasteiger partial charge in [0.15, 0.2) is 24.6 Å². The molecule has 0 aromatic carbocycles. The van der Waals surface area contributed by atoms with Crippen molar-refractivity contribution in [3.8, 4) is 0 Å². The third-order valence-corrected chi connectivity index (χ3v) is 2.97. The zero-order chi connectivity index (χ0) is 18.4. The summed E-state index contributed by atoms with van der Waals surface area (Å²) < 4.78 is 25.0. The van der Waals surface area contributed by atoms with E-state index in [0.717, 1.165) is 27.7 Å². The van der Waals surface area contributed by atoms with E-state index in [2.05, 4.69) is 0 Å². The molecule has 1 fully saturated rings. The van der Waals surface area contributed by atoms with Crippen LogP contribution in [0.15, 0.2) is 0 Å². The van der Waals surface area contributed by atoms with Gasteiger partial charge in [-0.1, -0.05) is 0 Å². The van der Waals surface area contributed by atoms with Crippen LogP contribution < -0.4 is 0 Å². The molecule has 0 unspecified atom stereocenters. The second-order valence-corrected chi connectivity index (χ2v) is 5.09. The minimum absolute atomic E-state index is 0.366. The van der Waals surface area contributed by atoms with E-state index >= 15 is 0 Å². The number of rotatable bonds is 5. The number of carbonyl (C=O) groups is 4. The highest BCUT2D eigenvalue weighted by molar-refractivity contribution is 5.68. The van der Waals surface area contributed by atoms with Crippen LogP contribution in [0, 0.1) is 0 Å². The molecule has 1 heterocycles. The summed E-state index contributed by atoms with van der Waals surface area (Å²) in [6.45, 7) is 4.09. The topological polar surface area (TPSA) is 135 Å². The fourth-order valence-corrected chi connectivity index (χ4v) is 2.21. The van der Waals surface area contributed by atoms with E-state index in [4.69, 9.17) is 23.7 Å². The Balaban J connectivity index is 3.11. The third kappa shape index (κ3) is 5.78. The second kappa shape index (κ2) is 8.60. The van der Waals surface area contributed by atoms with Crippen molar-refractivity contribution in [1.82, 2.24) is 0 Å². The van der Waals surface area contributed by atoms with Crippen LogP contribution in [-0.2, 0) is 42.9 Å². The molecule has 1 rings (SSSR count). The predicted octanol–water partition coefficient (Wildman–Crippen LogP) is -0.938. The van der Waals surface area contributed by atoms with Crippen molar-refractivity contribution in [2.45, 2.75) is 58.4 Å². The Kier molecular flexibility index (Phi) is 7.11. The maximum Gasteiger partial charge on any atom is 0.303 e. The van der Waals surface area contributed by atoms with E-state index in [0.29, 0.717) is 0 Å². The maximum atomic E-state index is 11.3. The highest BCUT2D eigenvalue weighted by atomic mass is 16.7. The van der Waals surface area contributed by atoms with Crippen molar-refractivity contribution in [1.29, 1.82) is 0 Å². The van der Waals surface area contributed by atoms with Gasteiger partial charge in [-0.15, -0.1) is 0 Å². The van der Waals surface area contributed by atoms with Crippen molar-refractivity contribution < 1.29 is 48.0 Å². The molecule has 0 aromatic rings. The molecule has 24 heavy (non-hydrogen) atoms. The minimum atomic E-state index is -1.68. The molecule has 0 aromatic heterocycles. The molecule has 0 spiro atoms. The van der Waals surface area contributed by atoms with E-state index in [1.165, 1.54) is 0 Å². The fraction of sp³-hybridized carbons (Fsp3) is 0.714. The quantitative estimate of drug-likeness (QED) is 0.490. The first kappa shape index (κ1) is 19.8. The monoisotopic (exact) mass is 348 g/mol. The molecule has 136 valence electrons. The van der Waals surface area contributed by atoms with Crippen LogP contribution >= 0.6 is 0 Å². The lowest BCUT2D eigenvalue weighted by atomic mass is 9.98. The lowest BCUT2D eigenvalue weighted by molar-refractivity contribution is -0.296. The highest BCUT2D eigenvalue weighted by Crippen LogP contribution is 2.28. The molecule has 0 amide bonds. The van der Waals surface area contributed by atoms with Crippen LogP contribution in [0.3, 0.4) is 0 Å². The summed E-state index contributed by atoms with van der Waals surface area (Å²) in [6, 6.07) is 0. The lowest BCUT2D eigenvalue weighted by Gasteiger charge is -2.42. The van der Waals surface area contributed by atoms with Crippen molar-refractivity contribution >= 4 is 23.9 Å². The van der Waals surface area contributed by atoms with Crippen molar-refractivity contribution in [3.05, 3.63) is 0 Å². The third-order valence-electron chi connectivity index (χ3n) is 2.97. The first-order valence-corrected chi connectivity index (χ1v) is 7.10. The smallest absolute Gasteiger partial charge is 0.303 e. The Morgan fingerprint density at radius 3 is 1.71 bits per heavy atom. The number of carbonyl (C=O) groups excluding carboxylic acids is 4. The van der Waals surface area contributed by atoms with Crippen LogP contribution in [-0.4, -0.2) is 66.3 Å². The number of aliphatic hydroxyl groups excluding tert-OH is 1. The lowest BCUT2D eigenvalue weighted by Crippen LogP contribution is -2.62. The van der Waals surface area contributed by atoms with E-state index < -0.39 is 54.6 Å². The second-order valence-electron chi connectivity index (χ2n) is 5.09. The average molecular weight is 348 g/mol. The van der Waals surface area contributed by atoms with Gasteiger partial charge in [-0.3, -0.25) is 19.2 Å². The Hall–Kier alpha value is -2.20. The number of hydrogen-bond donors (Lipinski definition) is 1. The molecule has 1 aliphatic heterocycles. The van der Waals surface area contributed by atoms with Crippen LogP contribution in [0.5, 0.6) is 0 Å². The molecular weight excluding hydrogens is 328 g/mol. The molecular formula is C14H20O10. The van der Waals surface area contributed by atoms with E-state index in [9.17, 15) is 24.3 Å². The van der Waals surface area contributed by atoms with Gasteiger partial charge in [-0.05, 0) is 0 Å². The van der Waals surface area contributed by atoms with E-state index in [1.54, 1.807) is 0 Å². The van der Waals surface area contributed by atoms with Crippen molar-refractivity contribution in [3.63, 3.8) is 0 Å². The Bertz CT molecular complexity index is 502. The molecule has 0 radical (unpaired) electrons. The standard InChI is InChI=1S/C14H20O10/c1-6(15)20-5-10-11(21-7(2)16)12(22-8(3)17)13(14(19)24-10)23-9(4)18/h10-14,19H,5H2,1-4H3/t10-,11+,12-,13-,14+/m1/s1. The van der Waals surface area contributed by atoms with Crippen LogP contribution in [0.4, 0.5) is 0 Å². The Morgan fingerprint density at radius 1 is 0.792 bits per heavy atom. The number of ether oxygens (including phenoxy) is 5. The zero-order valence-corrected chi connectivity index (χ0v) is 13.7. The summed E-state index contributed by atoms with van der Waals surface area (Å²) in [5.41, 5.74) is 0.